The van der Waals surface area contributed by atoms with E-state index in [4.69, 9.17) is 0 Å². The highest BCUT2D eigenvalue weighted by Crippen LogP contribution is 2.32. The lowest BCUT2D eigenvalue weighted by Crippen LogP contribution is -2.43. The van der Waals surface area contributed by atoms with Crippen molar-refractivity contribution in [3.8, 4) is 0 Å². The topological polar surface area (TPSA) is 71.0 Å². The number of carbonyl (C=O) groups is 1. The van der Waals surface area contributed by atoms with Gasteiger partial charge in [-0.25, -0.2) is 9.97 Å². The van der Waals surface area contributed by atoms with E-state index in [2.05, 4.69) is 25.2 Å². The molecular formula is C21H20F3N5O. The van der Waals surface area contributed by atoms with Gasteiger partial charge in [0, 0.05) is 32.0 Å². The number of nitrogens with zero attached hydrogens (tertiary/aromatic N) is 4. The Bertz CT molecular complexity index is 1060. The smallest absolute Gasteiger partial charge is 0.369 e. The molecule has 0 bridgehead atoms. The van der Waals surface area contributed by atoms with Crippen LogP contribution in [0.5, 0.6) is 0 Å². The van der Waals surface area contributed by atoms with Crippen LogP contribution < -0.4 is 10.2 Å². The summed E-state index contributed by atoms with van der Waals surface area (Å²) in [6.45, 7) is 1.09. The summed E-state index contributed by atoms with van der Waals surface area (Å²) < 4.78 is 39.4. The average molecular weight is 415 g/mol. The molecule has 1 N–H and O–H groups in total. The van der Waals surface area contributed by atoms with Gasteiger partial charge in [-0.3, -0.25) is 9.78 Å². The van der Waals surface area contributed by atoms with Crippen LogP contribution in [0, 0.1) is 5.92 Å². The maximum atomic E-state index is 13.1. The van der Waals surface area contributed by atoms with E-state index in [1.165, 1.54) is 18.2 Å². The van der Waals surface area contributed by atoms with Gasteiger partial charge in [-0.15, -0.1) is 0 Å². The first-order valence-corrected chi connectivity index (χ1v) is 9.66. The standard InChI is InChI=1S/C21H20F3N5O/c22-21(23,24)17-6-2-1-4-14(17)11-28-20(30)15-5-3-9-29(13-15)16-10-18-19(27-12-16)26-8-7-25-18/h1-2,4,6-8,10,12,15H,3,5,9,11,13H2,(H,28,30). The van der Waals surface area contributed by atoms with Crippen LogP contribution in [-0.2, 0) is 17.5 Å². The van der Waals surface area contributed by atoms with Crippen molar-refractivity contribution in [2.75, 3.05) is 18.0 Å². The molecule has 1 atom stereocenters. The van der Waals surface area contributed by atoms with Gasteiger partial charge < -0.3 is 10.2 Å². The summed E-state index contributed by atoms with van der Waals surface area (Å²) in [5, 5.41) is 2.68. The first kappa shape index (κ1) is 20.1. The first-order chi connectivity index (χ1) is 14.4. The van der Waals surface area contributed by atoms with Crippen LogP contribution >= 0.6 is 0 Å². The van der Waals surface area contributed by atoms with E-state index in [-0.39, 0.29) is 23.9 Å². The fraction of sp³-hybridized carbons (Fsp3) is 0.333. The molecule has 1 aromatic carbocycles. The van der Waals surface area contributed by atoms with E-state index >= 15 is 0 Å². The molecule has 3 heterocycles. The minimum Gasteiger partial charge on any atom is -0.369 e. The zero-order chi connectivity index (χ0) is 21.1. The van der Waals surface area contributed by atoms with Crippen LogP contribution in [-0.4, -0.2) is 33.9 Å². The first-order valence-electron chi connectivity index (χ1n) is 9.66. The number of aromatic nitrogens is 3. The number of halogens is 3. The normalized spacial score (nSPS) is 17.2. The van der Waals surface area contributed by atoms with Crippen LogP contribution in [0.15, 0.2) is 48.9 Å². The monoisotopic (exact) mass is 415 g/mol. The van der Waals surface area contributed by atoms with Gasteiger partial charge in [0.15, 0.2) is 5.65 Å². The van der Waals surface area contributed by atoms with Crippen molar-refractivity contribution in [2.45, 2.75) is 25.6 Å². The molecule has 1 aliphatic rings. The molecule has 0 radical (unpaired) electrons. The number of pyridine rings is 1. The predicted octanol–water partition coefficient (Wildman–Crippen LogP) is 3.58. The molecule has 156 valence electrons. The number of rotatable bonds is 4. The summed E-state index contributed by atoms with van der Waals surface area (Å²) in [4.78, 5) is 27.4. The number of nitrogens with one attached hydrogen (secondary N) is 1. The molecule has 0 saturated carbocycles. The number of hydrogen-bond acceptors (Lipinski definition) is 5. The molecule has 0 spiro atoms. The Morgan fingerprint density at radius 2 is 1.97 bits per heavy atom. The Kier molecular flexibility index (Phi) is 5.52. The summed E-state index contributed by atoms with van der Waals surface area (Å²) in [6, 6.07) is 7.18. The molecule has 1 saturated heterocycles. The summed E-state index contributed by atoms with van der Waals surface area (Å²) in [7, 11) is 0. The highest BCUT2D eigenvalue weighted by atomic mass is 19.4. The van der Waals surface area contributed by atoms with Crippen molar-refractivity contribution in [1.29, 1.82) is 0 Å². The third-order valence-electron chi connectivity index (χ3n) is 5.24. The number of benzene rings is 1. The van der Waals surface area contributed by atoms with Gasteiger partial charge in [-0.2, -0.15) is 13.2 Å². The van der Waals surface area contributed by atoms with Crippen LogP contribution in [0.1, 0.15) is 24.0 Å². The zero-order valence-electron chi connectivity index (χ0n) is 16.1. The number of amides is 1. The fourth-order valence-electron chi connectivity index (χ4n) is 3.72. The zero-order valence-corrected chi connectivity index (χ0v) is 16.1. The van der Waals surface area contributed by atoms with Crippen molar-refractivity contribution in [3.63, 3.8) is 0 Å². The molecule has 0 aliphatic carbocycles. The van der Waals surface area contributed by atoms with Gasteiger partial charge in [-0.1, -0.05) is 18.2 Å². The predicted molar refractivity (Wildman–Crippen MR) is 106 cm³/mol. The van der Waals surface area contributed by atoms with Crippen molar-refractivity contribution in [2.24, 2.45) is 5.92 Å². The lowest BCUT2D eigenvalue weighted by molar-refractivity contribution is -0.138. The third-order valence-corrected chi connectivity index (χ3v) is 5.24. The summed E-state index contributed by atoms with van der Waals surface area (Å²) in [6.07, 6.45) is 1.91. The van der Waals surface area contributed by atoms with Crippen LogP contribution in [0.4, 0.5) is 18.9 Å². The molecule has 3 aromatic rings. The fourth-order valence-corrected chi connectivity index (χ4v) is 3.72. The number of hydrogen-bond donors (Lipinski definition) is 1. The van der Waals surface area contributed by atoms with Crippen molar-refractivity contribution < 1.29 is 18.0 Å². The van der Waals surface area contributed by atoms with E-state index in [1.54, 1.807) is 18.6 Å². The minimum absolute atomic E-state index is 0.0586. The Labute approximate surface area is 171 Å². The lowest BCUT2D eigenvalue weighted by Gasteiger charge is -2.33. The molecule has 4 rings (SSSR count). The van der Waals surface area contributed by atoms with Crippen LogP contribution in [0.3, 0.4) is 0 Å². The van der Waals surface area contributed by atoms with Gasteiger partial charge in [0.2, 0.25) is 5.91 Å². The number of fused-ring (bicyclic) bond motifs is 1. The van der Waals surface area contributed by atoms with Crippen LogP contribution in [0.2, 0.25) is 0 Å². The summed E-state index contributed by atoms with van der Waals surface area (Å²) in [5.41, 5.74) is 1.41. The molecule has 1 aliphatic heterocycles. The molecule has 6 nitrogen and oxygen atoms in total. The molecule has 1 unspecified atom stereocenters. The van der Waals surface area contributed by atoms with E-state index in [0.29, 0.717) is 24.1 Å². The second-order valence-electron chi connectivity index (χ2n) is 7.25. The quantitative estimate of drug-likeness (QED) is 0.705. The molecule has 2 aromatic heterocycles. The van der Waals surface area contributed by atoms with Crippen molar-refractivity contribution in [3.05, 3.63) is 60.0 Å². The molecule has 1 amide bonds. The van der Waals surface area contributed by atoms with E-state index < -0.39 is 11.7 Å². The van der Waals surface area contributed by atoms with E-state index in [0.717, 1.165) is 24.7 Å². The maximum absolute atomic E-state index is 13.1. The minimum atomic E-state index is -4.45. The lowest BCUT2D eigenvalue weighted by atomic mass is 9.96. The van der Waals surface area contributed by atoms with Gasteiger partial charge in [-0.05, 0) is 30.5 Å². The van der Waals surface area contributed by atoms with Crippen LogP contribution in [0.25, 0.3) is 11.2 Å². The Hall–Kier alpha value is -3.23. The average Bonchev–Trinajstić information content (AvgIpc) is 2.77. The highest BCUT2D eigenvalue weighted by molar-refractivity contribution is 5.80. The number of alkyl halides is 3. The molecule has 1 fully saturated rings. The second kappa shape index (κ2) is 8.25. The summed E-state index contributed by atoms with van der Waals surface area (Å²) in [5.74, 6) is -0.556. The van der Waals surface area contributed by atoms with Gasteiger partial charge in [0.05, 0.1) is 23.4 Å². The second-order valence-corrected chi connectivity index (χ2v) is 7.25. The Morgan fingerprint density at radius 1 is 1.17 bits per heavy atom. The van der Waals surface area contributed by atoms with Crippen molar-refractivity contribution >= 4 is 22.8 Å². The molecule has 9 heteroatoms. The Balaban J connectivity index is 1.43. The van der Waals surface area contributed by atoms with Crippen molar-refractivity contribution in [1.82, 2.24) is 20.3 Å². The largest absolute Gasteiger partial charge is 0.416 e. The van der Waals surface area contributed by atoms with E-state index in [9.17, 15) is 18.0 Å². The third kappa shape index (κ3) is 4.34. The summed E-state index contributed by atoms with van der Waals surface area (Å²) >= 11 is 0. The van der Waals surface area contributed by atoms with Gasteiger partial charge in [0.25, 0.3) is 0 Å². The SMILES string of the molecule is O=C(NCc1ccccc1C(F)(F)F)C1CCCN(c2cnc3nccnc3c2)C1. The number of carbonyl (C=O) groups excluding carboxylic acids is 1. The highest BCUT2D eigenvalue weighted by Gasteiger charge is 2.33. The Morgan fingerprint density at radius 3 is 2.80 bits per heavy atom. The number of piperidine rings is 1. The molecular weight excluding hydrogens is 395 g/mol. The number of anilines is 1. The van der Waals surface area contributed by atoms with Gasteiger partial charge in [0.1, 0.15) is 5.52 Å². The van der Waals surface area contributed by atoms with Gasteiger partial charge >= 0.3 is 6.18 Å². The maximum Gasteiger partial charge on any atom is 0.416 e. The molecule has 30 heavy (non-hydrogen) atoms. The van der Waals surface area contributed by atoms with E-state index in [1.807, 2.05) is 6.07 Å².